The van der Waals surface area contributed by atoms with Crippen molar-refractivity contribution in [3.05, 3.63) is 30.2 Å². The molecule has 2 aromatic rings. The number of hydrogen-bond acceptors (Lipinski definition) is 5. The standard InChI is InChI=1S/C14H15N3O4/c1-9-16-17-14(21-9)10-5-2-3-6-11(10)15-12(18)7-4-8-13(19)20/h2-3,5-6H,4,7-8H2,1H3,(H,15,18)(H,19,20). The average Bonchev–Trinajstić information content (AvgIpc) is 2.85. The van der Waals surface area contributed by atoms with Gasteiger partial charge in [-0.05, 0) is 18.6 Å². The summed E-state index contributed by atoms with van der Waals surface area (Å²) < 4.78 is 5.35. The van der Waals surface area contributed by atoms with Gasteiger partial charge in [0.15, 0.2) is 0 Å². The lowest BCUT2D eigenvalue weighted by Gasteiger charge is -2.08. The summed E-state index contributed by atoms with van der Waals surface area (Å²) in [6.45, 7) is 1.68. The van der Waals surface area contributed by atoms with Crippen molar-refractivity contribution in [2.45, 2.75) is 26.2 Å². The highest BCUT2D eigenvalue weighted by Crippen LogP contribution is 2.26. The fraction of sp³-hybridized carbons (Fsp3) is 0.286. The van der Waals surface area contributed by atoms with Crippen molar-refractivity contribution in [1.29, 1.82) is 0 Å². The number of carboxylic acids is 1. The Kier molecular flexibility index (Phi) is 4.65. The molecular weight excluding hydrogens is 274 g/mol. The lowest BCUT2D eigenvalue weighted by Crippen LogP contribution is -2.12. The Morgan fingerprint density at radius 3 is 2.67 bits per heavy atom. The molecule has 0 aliphatic heterocycles. The van der Waals surface area contributed by atoms with E-state index in [4.69, 9.17) is 9.52 Å². The van der Waals surface area contributed by atoms with Crippen LogP contribution >= 0.6 is 0 Å². The topological polar surface area (TPSA) is 105 Å². The van der Waals surface area contributed by atoms with Gasteiger partial charge in [0.1, 0.15) is 0 Å². The van der Waals surface area contributed by atoms with Crippen LogP contribution in [0.1, 0.15) is 25.2 Å². The Morgan fingerprint density at radius 1 is 1.24 bits per heavy atom. The Morgan fingerprint density at radius 2 is 2.00 bits per heavy atom. The fourth-order valence-corrected chi connectivity index (χ4v) is 1.80. The fourth-order valence-electron chi connectivity index (χ4n) is 1.80. The SMILES string of the molecule is Cc1nnc(-c2ccccc2NC(=O)CCCC(=O)O)o1. The molecule has 1 heterocycles. The molecule has 21 heavy (non-hydrogen) atoms. The number of nitrogens with zero attached hydrogens (tertiary/aromatic N) is 2. The average molecular weight is 289 g/mol. The number of carbonyl (C=O) groups excluding carboxylic acids is 1. The van der Waals surface area contributed by atoms with E-state index in [1.165, 1.54) is 0 Å². The van der Waals surface area contributed by atoms with E-state index in [1.54, 1.807) is 31.2 Å². The lowest BCUT2D eigenvalue weighted by atomic mass is 10.1. The number of carbonyl (C=O) groups is 2. The molecule has 1 aromatic heterocycles. The number of para-hydroxylation sites is 1. The van der Waals surface area contributed by atoms with Crippen LogP contribution in [0, 0.1) is 6.92 Å². The molecule has 0 fully saturated rings. The summed E-state index contributed by atoms with van der Waals surface area (Å²) in [6.07, 6.45) is 0.407. The second-order valence-electron chi connectivity index (χ2n) is 4.47. The quantitative estimate of drug-likeness (QED) is 0.844. The third kappa shape index (κ3) is 4.13. The molecule has 110 valence electrons. The number of rotatable bonds is 6. The Labute approximate surface area is 121 Å². The van der Waals surface area contributed by atoms with E-state index in [2.05, 4.69) is 15.5 Å². The van der Waals surface area contributed by atoms with Crippen LogP contribution in [0.4, 0.5) is 5.69 Å². The molecule has 0 bridgehead atoms. The van der Waals surface area contributed by atoms with Crippen molar-refractivity contribution < 1.29 is 19.1 Å². The molecule has 7 heteroatoms. The van der Waals surface area contributed by atoms with Crippen molar-refractivity contribution in [3.63, 3.8) is 0 Å². The van der Waals surface area contributed by atoms with Crippen LogP contribution in [0.25, 0.3) is 11.5 Å². The number of aromatic nitrogens is 2. The highest BCUT2D eigenvalue weighted by atomic mass is 16.4. The first-order valence-corrected chi connectivity index (χ1v) is 6.47. The highest BCUT2D eigenvalue weighted by Gasteiger charge is 2.13. The Bertz CT molecular complexity index is 651. The molecule has 1 aromatic carbocycles. The van der Waals surface area contributed by atoms with Gasteiger partial charge in [-0.15, -0.1) is 10.2 Å². The first-order chi connectivity index (χ1) is 10.1. The number of amides is 1. The second-order valence-corrected chi connectivity index (χ2v) is 4.47. The molecule has 0 saturated heterocycles. The number of aryl methyl sites for hydroxylation is 1. The smallest absolute Gasteiger partial charge is 0.303 e. The molecule has 0 spiro atoms. The summed E-state index contributed by atoms with van der Waals surface area (Å²) >= 11 is 0. The van der Waals surface area contributed by atoms with Crippen molar-refractivity contribution in [2.24, 2.45) is 0 Å². The minimum atomic E-state index is -0.912. The maximum Gasteiger partial charge on any atom is 0.303 e. The van der Waals surface area contributed by atoms with Crippen LogP contribution in [0.3, 0.4) is 0 Å². The van der Waals surface area contributed by atoms with E-state index < -0.39 is 5.97 Å². The summed E-state index contributed by atoms with van der Waals surface area (Å²) in [5, 5.41) is 19.0. The van der Waals surface area contributed by atoms with E-state index in [0.717, 1.165) is 0 Å². The lowest BCUT2D eigenvalue weighted by molar-refractivity contribution is -0.137. The van der Waals surface area contributed by atoms with Gasteiger partial charge in [0, 0.05) is 19.8 Å². The van der Waals surface area contributed by atoms with Crippen LogP contribution in [0.5, 0.6) is 0 Å². The molecule has 0 saturated carbocycles. The minimum absolute atomic E-state index is 0.0298. The third-order valence-corrected chi connectivity index (χ3v) is 2.75. The Hall–Kier alpha value is -2.70. The summed E-state index contributed by atoms with van der Waals surface area (Å²) in [5.74, 6) is -0.397. The van der Waals surface area contributed by atoms with E-state index in [9.17, 15) is 9.59 Å². The van der Waals surface area contributed by atoms with Crippen LogP contribution in [0.15, 0.2) is 28.7 Å². The molecule has 0 unspecified atom stereocenters. The van der Waals surface area contributed by atoms with Crippen LogP contribution in [-0.4, -0.2) is 27.2 Å². The minimum Gasteiger partial charge on any atom is -0.481 e. The van der Waals surface area contributed by atoms with E-state index in [0.29, 0.717) is 29.5 Å². The van der Waals surface area contributed by atoms with Crippen molar-refractivity contribution in [1.82, 2.24) is 10.2 Å². The number of aliphatic carboxylic acids is 1. The first-order valence-electron chi connectivity index (χ1n) is 6.47. The number of hydrogen-bond donors (Lipinski definition) is 2. The third-order valence-electron chi connectivity index (χ3n) is 2.75. The summed E-state index contributed by atoms with van der Waals surface area (Å²) in [5.41, 5.74) is 1.19. The van der Waals surface area contributed by atoms with Gasteiger partial charge in [-0.3, -0.25) is 9.59 Å². The second kappa shape index (κ2) is 6.65. The van der Waals surface area contributed by atoms with Crippen LogP contribution in [0.2, 0.25) is 0 Å². The summed E-state index contributed by atoms with van der Waals surface area (Å²) in [4.78, 5) is 22.2. The zero-order valence-corrected chi connectivity index (χ0v) is 11.5. The van der Waals surface area contributed by atoms with Crippen molar-refractivity contribution >= 4 is 17.6 Å². The van der Waals surface area contributed by atoms with E-state index >= 15 is 0 Å². The maximum absolute atomic E-state index is 11.8. The van der Waals surface area contributed by atoms with Gasteiger partial charge in [-0.25, -0.2) is 0 Å². The van der Waals surface area contributed by atoms with Gasteiger partial charge >= 0.3 is 5.97 Å². The molecule has 2 rings (SSSR count). The van der Waals surface area contributed by atoms with Gasteiger partial charge in [-0.1, -0.05) is 12.1 Å². The summed E-state index contributed by atoms with van der Waals surface area (Å²) in [6, 6.07) is 7.07. The van der Waals surface area contributed by atoms with Gasteiger partial charge < -0.3 is 14.8 Å². The number of anilines is 1. The molecule has 0 aliphatic carbocycles. The predicted octanol–water partition coefficient (Wildman–Crippen LogP) is 2.24. The Balaban J connectivity index is 2.07. The molecule has 0 radical (unpaired) electrons. The normalized spacial score (nSPS) is 10.3. The van der Waals surface area contributed by atoms with E-state index in [-0.39, 0.29) is 18.7 Å². The van der Waals surface area contributed by atoms with Crippen molar-refractivity contribution in [3.8, 4) is 11.5 Å². The van der Waals surface area contributed by atoms with Gasteiger partial charge in [-0.2, -0.15) is 0 Å². The first kappa shape index (κ1) is 14.7. The number of nitrogens with one attached hydrogen (secondary N) is 1. The van der Waals surface area contributed by atoms with Gasteiger partial charge in [0.25, 0.3) is 0 Å². The highest BCUT2D eigenvalue weighted by molar-refractivity contribution is 5.94. The van der Waals surface area contributed by atoms with Crippen LogP contribution in [-0.2, 0) is 9.59 Å². The molecule has 7 nitrogen and oxygen atoms in total. The van der Waals surface area contributed by atoms with Crippen LogP contribution < -0.4 is 5.32 Å². The number of benzene rings is 1. The zero-order valence-electron chi connectivity index (χ0n) is 11.5. The monoisotopic (exact) mass is 289 g/mol. The summed E-state index contributed by atoms with van der Waals surface area (Å²) in [7, 11) is 0. The van der Waals surface area contributed by atoms with E-state index in [1.807, 2.05) is 0 Å². The molecular formula is C14H15N3O4. The molecule has 2 N–H and O–H groups in total. The molecule has 1 amide bonds. The van der Waals surface area contributed by atoms with Gasteiger partial charge in [0.2, 0.25) is 17.7 Å². The zero-order chi connectivity index (χ0) is 15.2. The largest absolute Gasteiger partial charge is 0.481 e. The maximum atomic E-state index is 11.8. The number of carboxylic acid groups (broad SMARTS) is 1. The molecule has 0 aliphatic rings. The van der Waals surface area contributed by atoms with Gasteiger partial charge in [0.05, 0.1) is 11.3 Å². The molecule has 0 atom stereocenters. The predicted molar refractivity (Wildman–Crippen MR) is 74.6 cm³/mol. The van der Waals surface area contributed by atoms with Crippen molar-refractivity contribution in [2.75, 3.05) is 5.32 Å².